The highest BCUT2D eigenvalue weighted by Crippen LogP contribution is 2.19. The molecule has 0 aromatic heterocycles. The zero-order chi connectivity index (χ0) is 16.9. The van der Waals surface area contributed by atoms with E-state index in [0.29, 0.717) is 13.0 Å². The molecule has 4 nitrogen and oxygen atoms in total. The van der Waals surface area contributed by atoms with E-state index in [1.165, 1.54) is 0 Å². The molecule has 0 unspecified atom stereocenters. The molecular formula is C19H23NO3. The number of rotatable bonds is 6. The Bertz CT molecular complexity index is 640. The summed E-state index contributed by atoms with van der Waals surface area (Å²) in [5.74, 6) is 0.753. The molecule has 2 aromatic carbocycles. The van der Waals surface area contributed by atoms with E-state index in [2.05, 4.69) is 5.32 Å². The number of benzene rings is 2. The van der Waals surface area contributed by atoms with Crippen molar-refractivity contribution in [3.8, 4) is 5.75 Å². The van der Waals surface area contributed by atoms with E-state index in [9.17, 15) is 9.90 Å². The smallest absolute Gasteiger partial charge is 0.224 e. The molecule has 0 aliphatic carbocycles. The first-order valence-electron chi connectivity index (χ1n) is 7.60. The van der Waals surface area contributed by atoms with Crippen LogP contribution in [0.5, 0.6) is 5.75 Å². The first kappa shape index (κ1) is 17.0. The minimum atomic E-state index is -0.851. The van der Waals surface area contributed by atoms with Crippen LogP contribution in [0.1, 0.15) is 30.5 Å². The summed E-state index contributed by atoms with van der Waals surface area (Å²) in [5, 5.41) is 12.8. The average Bonchev–Trinajstić information content (AvgIpc) is 2.53. The molecule has 0 heterocycles. The number of carbonyl (C=O) groups excluding carboxylic acids is 1. The summed E-state index contributed by atoms with van der Waals surface area (Å²) in [5.41, 5.74) is 1.95. The quantitative estimate of drug-likeness (QED) is 0.862. The van der Waals surface area contributed by atoms with E-state index in [0.717, 1.165) is 22.4 Å². The van der Waals surface area contributed by atoms with Gasteiger partial charge in [0.25, 0.3) is 0 Å². The van der Waals surface area contributed by atoms with Crippen LogP contribution in [0.3, 0.4) is 0 Å². The van der Waals surface area contributed by atoms with Crippen molar-refractivity contribution >= 4 is 5.91 Å². The lowest BCUT2D eigenvalue weighted by atomic mass is 9.97. The van der Waals surface area contributed by atoms with E-state index < -0.39 is 5.60 Å². The maximum absolute atomic E-state index is 12.0. The van der Waals surface area contributed by atoms with Crippen LogP contribution in [0.25, 0.3) is 0 Å². The van der Waals surface area contributed by atoms with Crippen molar-refractivity contribution in [3.63, 3.8) is 0 Å². The van der Waals surface area contributed by atoms with Gasteiger partial charge in [-0.15, -0.1) is 0 Å². The Labute approximate surface area is 137 Å². The normalized spacial score (nSPS) is 11.1. The maximum Gasteiger partial charge on any atom is 0.224 e. The second-order valence-corrected chi connectivity index (χ2v) is 6.06. The van der Waals surface area contributed by atoms with Gasteiger partial charge in [0.1, 0.15) is 5.75 Å². The molecule has 2 aromatic rings. The number of aliphatic hydroxyl groups is 1. The molecule has 0 saturated heterocycles. The van der Waals surface area contributed by atoms with Crippen molar-refractivity contribution < 1.29 is 14.6 Å². The summed E-state index contributed by atoms with van der Waals surface area (Å²) in [7, 11) is 1.62. The van der Waals surface area contributed by atoms with Gasteiger partial charge in [0.05, 0.1) is 19.1 Å². The molecule has 0 radical (unpaired) electrons. The van der Waals surface area contributed by atoms with Gasteiger partial charge in [-0.3, -0.25) is 4.79 Å². The lowest BCUT2D eigenvalue weighted by molar-refractivity contribution is -0.120. The molecule has 0 atom stereocenters. The molecule has 0 aliphatic heterocycles. The van der Waals surface area contributed by atoms with E-state index >= 15 is 0 Å². The fourth-order valence-electron chi connectivity index (χ4n) is 2.22. The zero-order valence-corrected chi connectivity index (χ0v) is 13.8. The van der Waals surface area contributed by atoms with E-state index in [1.807, 2.05) is 48.5 Å². The summed E-state index contributed by atoms with van der Waals surface area (Å²) in [4.78, 5) is 12.0. The number of nitrogens with one attached hydrogen (secondary N) is 1. The number of methoxy groups -OCH3 is 1. The van der Waals surface area contributed by atoms with Gasteiger partial charge in [0.15, 0.2) is 0 Å². The van der Waals surface area contributed by atoms with Crippen LogP contribution in [0, 0.1) is 0 Å². The van der Waals surface area contributed by atoms with Crippen molar-refractivity contribution in [2.45, 2.75) is 32.4 Å². The Hall–Kier alpha value is -2.33. The highest BCUT2D eigenvalue weighted by molar-refractivity contribution is 5.78. The van der Waals surface area contributed by atoms with Crippen molar-refractivity contribution in [2.24, 2.45) is 0 Å². The SMILES string of the molecule is COc1ccc(CC(=O)NCc2ccc(C(C)(C)O)cc2)cc1. The molecule has 0 saturated carbocycles. The molecule has 23 heavy (non-hydrogen) atoms. The molecule has 0 aliphatic rings. The van der Waals surface area contributed by atoms with Gasteiger partial charge in [-0.1, -0.05) is 36.4 Å². The van der Waals surface area contributed by atoms with Crippen LogP contribution in [-0.4, -0.2) is 18.1 Å². The van der Waals surface area contributed by atoms with Crippen LogP contribution in [-0.2, 0) is 23.4 Å². The fourth-order valence-corrected chi connectivity index (χ4v) is 2.22. The monoisotopic (exact) mass is 313 g/mol. The molecular weight excluding hydrogens is 290 g/mol. The summed E-state index contributed by atoms with van der Waals surface area (Å²) < 4.78 is 5.09. The first-order valence-corrected chi connectivity index (χ1v) is 7.60. The van der Waals surface area contributed by atoms with Gasteiger partial charge >= 0.3 is 0 Å². The van der Waals surface area contributed by atoms with Gasteiger partial charge < -0.3 is 15.2 Å². The maximum atomic E-state index is 12.0. The van der Waals surface area contributed by atoms with Crippen LogP contribution in [0.15, 0.2) is 48.5 Å². The van der Waals surface area contributed by atoms with E-state index in [4.69, 9.17) is 4.74 Å². The van der Waals surface area contributed by atoms with E-state index in [1.54, 1.807) is 21.0 Å². The molecule has 1 amide bonds. The van der Waals surface area contributed by atoms with Crippen LogP contribution in [0.2, 0.25) is 0 Å². The summed E-state index contributed by atoms with van der Waals surface area (Å²) in [6.07, 6.45) is 0.339. The third kappa shape index (κ3) is 5.11. The number of hydrogen-bond acceptors (Lipinski definition) is 3. The topological polar surface area (TPSA) is 58.6 Å². The Balaban J connectivity index is 1.86. The van der Waals surface area contributed by atoms with Gasteiger partial charge in [-0.2, -0.15) is 0 Å². The Kier molecular flexibility index (Phi) is 5.40. The van der Waals surface area contributed by atoms with Crippen LogP contribution in [0.4, 0.5) is 0 Å². The largest absolute Gasteiger partial charge is 0.497 e. The molecule has 2 rings (SSSR count). The number of amides is 1. The standard InChI is InChI=1S/C19H23NO3/c1-19(2,22)16-8-4-15(5-9-16)13-20-18(21)12-14-6-10-17(23-3)11-7-14/h4-11,22H,12-13H2,1-3H3,(H,20,21). The van der Waals surface area contributed by atoms with Gasteiger partial charge in [-0.05, 0) is 42.7 Å². The van der Waals surface area contributed by atoms with Gasteiger partial charge in [0, 0.05) is 6.54 Å². The highest BCUT2D eigenvalue weighted by atomic mass is 16.5. The van der Waals surface area contributed by atoms with Crippen LogP contribution >= 0.6 is 0 Å². The fraction of sp³-hybridized carbons (Fsp3) is 0.316. The average molecular weight is 313 g/mol. The lowest BCUT2D eigenvalue weighted by Crippen LogP contribution is -2.24. The molecule has 0 spiro atoms. The zero-order valence-electron chi connectivity index (χ0n) is 13.8. The number of hydrogen-bond donors (Lipinski definition) is 2. The Morgan fingerprint density at radius 1 is 1.04 bits per heavy atom. The number of carbonyl (C=O) groups is 1. The molecule has 4 heteroatoms. The Morgan fingerprint density at radius 3 is 2.13 bits per heavy atom. The van der Waals surface area contributed by atoms with Crippen molar-refractivity contribution in [1.29, 1.82) is 0 Å². The van der Waals surface area contributed by atoms with Gasteiger partial charge in [-0.25, -0.2) is 0 Å². The number of ether oxygens (including phenoxy) is 1. The molecule has 0 bridgehead atoms. The summed E-state index contributed by atoms with van der Waals surface area (Å²) in [6, 6.07) is 15.1. The lowest BCUT2D eigenvalue weighted by Gasteiger charge is -2.18. The second-order valence-electron chi connectivity index (χ2n) is 6.06. The minimum Gasteiger partial charge on any atom is -0.497 e. The second kappa shape index (κ2) is 7.29. The predicted octanol–water partition coefficient (Wildman–Crippen LogP) is 2.78. The molecule has 0 fully saturated rings. The van der Waals surface area contributed by atoms with Crippen molar-refractivity contribution in [3.05, 3.63) is 65.2 Å². The Morgan fingerprint density at radius 2 is 1.61 bits per heavy atom. The first-order chi connectivity index (χ1) is 10.9. The minimum absolute atomic E-state index is 0.0262. The third-order valence-electron chi connectivity index (χ3n) is 3.67. The molecule has 122 valence electrons. The van der Waals surface area contributed by atoms with Crippen LogP contribution < -0.4 is 10.1 Å². The molecule has 2 N–H and O–H groups in total. The van der Waals surface area contributed by atoms with Crippen molar-refractivity contribution in [1.82, 2.24) is 5.32 Å². The highest BCUT2D eigenvalue weighted by Gasteiger charge is 2.15. The predicted molar refractivity (Wildman–Crippen MR) is 90.2 cm³/mol. The van der Waals surface area contributed by atoms with Crippen molar-refractivity contribution in [2.75, 3.05) is 7.11 Å². The van der Waals surface area contributed by atoms with Gasteiger partial charge in [0.2, 0.25) is 5.91 Å². The van der Waals surface area contributed by atoms with E-state index in [-0.39, 0.29) is 5.91 Å². The summed E-state index contributed by atoms with van der Waals surface area (Å²) >= 11 is 0. The third-order valence-corrected chi connectivity index (χ3v) is 3.67. The summed E-state index contributed by atoms with van der Waals surface area (Å²) in [6.45, 7) is 3.97.